The SMILES string of the molecule is CCCCCCCCC(N)S(=O)(=O)O. The molecule has 0 radical (unpaired) electrons. The molecular formula is C9H21NO3S. The monoisotopic (exact) mass is 223 g/mol. The van der Waals surface area contributed by atoms with Gasteiger partial charge in [-0.2, -0.15) is 8.42 Å². The molecule has 4 nitrogen and oxygen atoms in total. The Morgan fingerprint density at radius 1 is 1.14 bits per heavy atom. The maximum Gasteiger partial charge on any atom is 0.280 e. The van der Waals surface area contributed by atoms with Gasteiger partial charge in [-0.15, -0.1) is 0 Å². The van der Waals surface area contributed by atoms with Crippen LogP contribution < -0.4 is 5.73 Å². The second-order valence-electron chi connectivity index (χ2n) is 3.61. The molecule has 0 amide bonds. The fraction of sp³-hybridized carbons (Fsp3) is 1.00. The molecular weight excluding hydrogens is 202 g/mol. The molecule has 1 unspecified atom stereocenters. The Labute approximate surface area is 86.6 Å². The Morgan fingerprint density at radius 3 is 2.14 bits per heavy atom. The van der Waals surface area contributed by atoms with E-state index in [4.69, 9.17) is 10.3 Å². The molecule has 0 fully saturated rings. The van der Waals surface area contributed by atoms with Gasteiger partial charge in [0.05, 0.1) is 0 Å². The smallest absolute Gasteiger partial charge is 0.280 e. The van der Waals surface area contributed by atoms with Crippen LogP contribution in [0.3, 0.4) is 0 Å². The minimum atomic E-state index is -4.02. The van der Waals surface area contributed by atoms with Crippen LogP contribution in [0.25, 0.3) is 0 Å². The normalized spacial score (nSPS) is 14.2. The fourth-order valence-electron chi connectivity index (χ4n) is 1.27. The molecule has 86 valence electrons. The summed E-state index contributed by atoms with van der Waals surface area (Å²) in [6.07, 6.45) is 6.84. The van der Waals surface area contributed by atoms with E-state index < -0.39 is 15.5 Å². The van der Waals surface area contributed by atoms with Gasteiger partial charge in [0.1, 0.15) is 5.37 Å². The molecule has 3 N–H and O–H groups in total. The molecule has 0 rings (SSSR count). The van der Waals surface area contributed by atoms with Crippen molar-refractivity contribution >= 4 is 10.1 Å². The van der Waals surface area contributed by atoms with Gasteiger partial charge in [-0.3, -0.25) is 4.55 Å². The van der Waals surface area contributed by atoms with Crippen LogP contribution in [0.4, 0.5) is 0 Å². The van der Waals surface area contributed by atoms with Gasteiger partial charge in [0.15, 0.2) is 0 Å². The van der Waals surface area contributed by atoms with Crippen molar-refractivity contribution in [2.24, 2.45) is 5.73 Å². The Balaban J connectivity index is 3.37. The highest BCUT2D eigenvalue weighted by Crippen LogP contribution is 2.09. The Hall–Kier alpha value is -0.130. The summed E-state index contributed by atoms with van der Waals surface area (Å²) < 4.78 is 29.6. The van der Waals surface area contributed by atoms with E-state index in [1.807, 2.05) is 0 Å². The zero-order valence-corrected chi connectivity index (χ0v) is 9.59. The molecule has 0 aliphatic heterocycles. The molecule has 0 aromatic rings. The third kappa shape index (κ3) is 7.29. The molecule has 1 atom stereocenters. The van der Waals surface area contributed by atoms with Crippen LogP contribution in [0.2, 0.25) is 0 Å². The van der Waals surface area contributed by atoms with Crippen molar-refractivity contribution in [3.05, 3.63) is 0 Å². The molecule has 0 aliphatic carbocycles. The van der Waals surface area contributed by atoms with Crippen molar-refractivity contribution < 1.29 is 13.0 Å². The van der Waals surface area contributed by atoms with Crippen LogP contribution in [0.15, 0.2) is 0 Å². The van der Waals surface area contributed by atoms with Crippen molar-refractivity contribution in [2.45, 2.75) is 57.2 Å². The first-order valence-corrected chi connectivity index (χ1v) is 6.70. The second kappa shape index (κ2) is 7.20. The largest absolute Gasteiger partial charge is 0.313 e. The van der Waals surface area contributed by atoms with E-state index in [2.05, 4.69) is 6.92 Å². The fourth-order valence-corrected chi connectivity index (χ4v) is 1.74. The lowest BCUT2D eigenvalue weighted by molar-refractivity contribution is 0.458. The first kappa shape index (κ1) is 13.9. The average Bonchev–Trinajstić information content (AvgIpc) is 2.09. The van der Waals surface area contributed by atoms with E-state index in [1.165, 1.54) is 19.3 Å². The summed E-state index contributed by atoms with van der Waals surface area (Å²) in [6, 6.07) is 0. The van der Waals surface area contributed by atoms with Crippen molar-refractivity contribution in [3.8, 4) is 0 Å². The van der Waals surface area contributed by atoms with Gasteiger partial charge in [-0.1, -0.05) is 45.4 Å². The molecule has 0 aromatic heterocycles. The maximum absolute atomic E-state index is 10.5. The summed E-state index contributed by atoms with van der Waals surface area (Å²) in [4.78, 5) is 0. The van der Waals surface area contributed by atoms with Crippen molar-refractivity contribution in [3.63, 3.8) is 0 Å². The van der Waals surface area contributed by atoms with E-state index in [1.54, 1.807) is 0 Å². The number of hydrogen-bond donors (Lipinski definition) is 2. The summed E-state index contributed by atoms with van der Waals surface area (Å²) >= 11 is 0. The third-order valence-electron chi connectivity index (χ3n) is 2.22. The van der Waals surface area contributed by atoms with E-state index in [0.717, 1.165) is 19.3 Å². The summed E-state index contributed by atoms with van der Waals surface area (Å²) in [7, 11) is -4.02. The van der Waals surface area contributed by atoms with Crippen LogP contribution >= 0.6 is 0 Å². The van der Waals surface area contributed by atoms with Crippen LogP contribution in [-0.2, 0) is 10.1 Å². The minimum Gasteiger partial charge on any atom is -0.313 e. The highest BCUT2D eigenvalue weighted by Gasteiger charge is 2.16. The number of rotatable bonds is 8. The van der Waals surface area contributed by atoms with Gasteiger partial charge in [0.25, 0.3) is 10.1 Å². The van der Waals surface area contributed by atoms with Crippen molar-refractivity contribution in [1.29, 1.82) is 0 Å². The molecule has 14 heavy (non-hydrogen) atoms. The lowest BCUT2D eigenvalue weighted by atomic mass is 10.1. The lowest BCUT2D eigenvalue weighted by Crippen LogP contribution is -2.29. The Morgan fingerprint density at radius 2 is 1.64 bits per heavy atom. The zero-order chi connectivity index (χ0) is 11.0. The van der Waals surface area contributed by atoms with Crippen LogP contribution in [0.5, 0.6) is 0 Å². The predicted molar refractivity (Wildman–Crippen MR) is 57.5 cm³/mol. The van der Waals surface area contributed by atoms with Crippen molar-refractivity contribution in [1.82, 2.24) is 0 Å². The lowest BCUT2D eigenvalue weighted by Gasteiger charge is -2.07. The van der Waals surface area contributed by atoms with Crippen molar-refractivity contribution in [2.75, 3.05) is 0 Å². The first-order chi connectivity index (χ1) is 6.48. The van der Waals surface area contributed by atoms with Crippen LogP contribution in [0, 0.1) is 0 Å². The summed E-state index contributed by atoms with van der Waals surface area (Å²) in [6.45, 7) is 2.15. The highest BCUT2D eigenvalue weighted by atomic mass is 32.2. The Bertz CT molecular complexity index is 226. The van der Waals surface area contributed by atoms with Gasteiger partial charge < -0.3 is 5.73 Å². The van der Waals surface area contributed by atoms with Crippen LogP contribution in [0.1, 0.15) is 51.9 Å². The molecule has 0 heterocycles. The molecule has 5 heteroatoms. The van der Waals surface area contributed by atoms with Gasteiger partial charge in [-0.05, 0) is 6.42 Å². The van der Waals surface area contributed by atoms with E-state index in [-0.39, 0.29) is 0 Å². The van der Waals surface area contributed by atoms with Crippen LogP contribution in [-0.4, -0.2) is 18.3 Å². The highest BCUT2D eigenvalue weighted by molar-refractivity contribution is 7.86. The second-order valence-corrected chi connectivity index (χ2v) is 5.25. The molecule has 0 saturated heterocycles. The quantitative estimate of drug-likeness (QED) is 0.486. The van der Waals surface area contributed by atoms with Gasteiger partial charge in [0.2, 0.25) is 0 Å². The number of nitrogens with two attached hydrogens (primary N) is 1. The van der Waals surface area contributed by atoms with E-state index in [9.17, 15) is 8.42 Å². The molecule has 0 aromatic carbocycles. The third-order valence-corrected chi connectivity index (χ3v) is 3.23. The predicted octanol–water partition coefficient (Wildman–Crippen LogP) is 1.91. The molecule has 0 saturated carbocycles. The van der Waals surface area contributed by atoms with E-state index in [0.29, 0.717) is 6.42 Å². The Kier molecular flexibility index (Phi) is 7.13. The molecule has 0 aliphatic rings. The number of unbranched alkanes of at least 4 members (excludes halogenated alkanes) is 5. The molecule has 0 bridgehead atoms. The van der Waals surface area contributed by atoms with Gasteiger partial charge in [0, 0.05) is 0 Å². The summed E-state index contributed by atoms with van der Waals surface area (Å²) in [5.74, 6) is 0. The minimum absolute atomic E-state index is 0.352. The summed E-state index contributed by atoms with van der Waals surface area (Å²) in [5, 5.41) is -1.10. The van der Waals surface area contributed by atoms with Gasteiger partial charge in [-0.25, -0.2) is 0 Å². The topological polar surface area (TPSA) is 80.4 Å². The zero-order valence-electron chi connectivity index (χ0n) is 8.78. The molecule has 0 spiro atoms. The van der Waals surface area contributed by atoms with E-state index >= 15 is 0 Å². The maximum atomic E-state index is 10.5. The number of hydrogen-bond acceptors (Lipinski definition) is 3. The standard InChI is InChI=1S/C9H21NO3S/c1-2-3-4-5-6-7-8-9(10)14(11,12)13/h9H,2-8,10H2,1H3,(H,11,12,13). The first-order valence-electron chi connectivity index (χ1n) is 5.20. The summed E-state index contributed by atoms with van der Waals surface area (Å²) in [5.41, 5.74) is 5.25. The van der Waals surface area contributed by atoms with Gasteiger partial charge >= 0.3 is 0 Å². The average molecular weight is 223 g/mol.